The number of hydrogen-bond acceptors (Lipinski definition) is 3. The van der Waals surface area contributed by atoms with Gasteiger partial charge in [0.05, 0.1) is 5.88 Å². The maximum absolute atomic E-state index is 9.04. The van der Waals surface area contributed by atoms with Gasteiger partial charge < -0.3 is 4.79 Å². The summed E-state index contributed by atoms with van der Waals surface area (Å²) >= 11 is 6.13. The first-order valence-electron chi connectivity index (χ1n) is 6.51. The highest BCUT2D eigenvalue weighted by Gasteiger charge is 2.46. The minimum Gasteiger partial charge on any atom is -0.302 e. The molecular weight excluding hydrogens is 278 g/mol. The minimum atomic E-state index is 0.111. The lowest BCUT2D eigenvalue weighted by atomic mass is 10.0. The third-order valence-corrected chi connectivity index (χ3v) is 3.67. The lowest BCUT2D eigenvalue weighted by Gasteiger charge is -2.03. The fourth-order valence-corrected chi connectivity index (χ4v) is 2.11. The van der Waals surface area contributed by atoms with Crippen molar-refractivity contribution in [3.05, 3.63) is 29.8 Å². The van der Waals surface area contributed by atoms with Crippen LogP contribution in [0.4, 0.5) is 0 Å². The summed E-state index contributed by atoms with van der Waals surface area (Å²) in [4.78, 5) is 10.2. The average molecular weight is 302 g/mol. The van der Waals surface area contributed by atoms with Crippen LogP contribution in [0.2, 0.25) is 0 Å². The van der Waals surface area contributed by atoms with Gasteiger partial charge in [-0.2, -0.15) is 0 Å². The number of carbonyl (C=O) groups is 1. The fraction of sp³-hybridized carbons (Fsp3) is 0.533. The molecule has 2 N–H and O–H groups in total. The summed E-state index contributed by atoms with van der Waals surface area (Å²) in [5.41, 5.74) is 1.99. The van der Waals surface area contributed by atoms with Gasteiger partial charge in [-0.3, -0.25) is 5.14 Å². The summed E-state index contributed by atoms with van der Waals surface area (Å²) in [5, 5.41) is 5.46. The van der Waals surface area contributed by atoms with Crippen LogP contribution in [-0.2, 0) is 4.79 Å². The van der Waals surface area contributed by atoms with Crippen LogP contribution in [0.25, 0.3) is 0 Å². The van der Waals surface area contributed by atoms with Crippen molar-refractivity contribution in [2.75, 3.05) is 5.88 Å². The minimum absolute atomic E-state index is 0.111. The second kappa shape index (κ2) is 9.40. The van der Waals surface area contributed by atoms with Gasteiger partial charge in [0, 0.05) is 4.90 Å². The second-order valence-corrected chi connectivity index (χ2v) is 5.77. The zero-order chi connectivity index (χ0) is 14.9. The molecule has 0 heterocycles. The predicted octanol–water partition coefficient (Wildman–Crippen LogP) is 4.62. The molecule has 0 aliphatic heterocycles. The largest absolute Gasteiger partial charge is 0.302 e. The van der Waals surface area contributed by atoms with Crippen LogP contribution in [-0.4, -0.2) is 12.2 Å². The second-order valence-electron chi connectivity index (χ2n) is 4.75. The molecule has 0 amide bonds. The Hall–Kier alpha value is -0.510. The third kappa shape index (κ3) is 6.46. The van der Waals surface area contributed by atoms with E-state index in [0.29, 0.717) is 11.7 Å². The Morgan fingerprint density at radius 2 is 1.79 bits per heavy atom. The van der Waals surface area contributed by atoms with E-state index in [9.17, 15) is 0 Å². The molecule has 4 heteroatoms. The lowest BCUT2D eigenvalue weighted by Crippen LogP contribution is -1.89. The number of aldehydes is 1. The summed E-state index contributed by atoms with van der Waals surface area (Å²) < 4.78 is 0. The van der Waals surface area contributed by atoms with E-state index in [1.54, 1.807) is 0 Å². The summed E-state index contributed by atoms with van der Waals surface area (Å²) in [7, 11) is 0. The molecule has 2 nitrogen and oxygen atoms in total. The highest BCUT2D eigenvalue weighted by atomic mass is 35.5. The van der Waals surface area contributed by atoms with E-state index in [4.69, 9.17) is 21.5 Å². The van der Waals surface area contributed by atoms with E-state index in [0.717, 1.165) is 10.8 Å². The zero-order valence-corrected chi connectivity index (χ0v) is 13.7. The Labute approximate surface area is 126 Å². The van der Waals surface area contributed by atoms with E-state index in [2.05, 4.69) is 38.1 Å². The Bertz CT molecular complexity index is 365. The monoisotopic (exact) mass is 301 g/mol. The topological polar surface area (TPSA) is 43.1 Å². The van der Waals surface area contributed by atoms with Crippen molar-refractivity contribution in [2.45, 2.75) is 44.9 Å². The van der Waals surface area contributed by atoms with Gasteiger partial charge in [-0.1, -0.05) is 39.8 Å². The van der Waals surface area contributed by atoms with Crippen LogP contribution in [0.5, 0.6) is 0 Å². The number of alkyl halides is 1. The molecule has 1 saturated carbocycles. The van der Waals surface area contributed by atoms with E-state index in [1.165, 1.54) is 23.9 Å². The lowest BCUT2D eigenvalue weighted by molar-refractivity contribution is -0.105. The molecule has 2 rings (SSSR count). The Balaban J connectivity index is 0.000000467. The van der Waals surface area contributed by atoms with Crippen molar-refractivity contribution in [3.63, 3.8) is 0 Å². The first kappa shape index (κ1) is 18.5. The van der Waals surface area contributed by atoms with Gasteiger partial charge in [0.25, 0.3) is 0 Å². The van der Waals surface area contributed by atoms with Gasteiger partial charge in [0.2, 0.25) is 0 Å². The van der Waals surface area contributed by atoms with Gasteiger partial charge in [-0.05, 0) is 47.4 Å². The maximum Gasteiger partial charge on any atom is 0.134 e. The number of halogens is 1. The number of hydrogen-bond donors (Lipinski definition) is 1. The normalized spacial score (nSPS) is 18.3. The van der Waals surface area contributed by atoms with Crippen LogP contribution in [0, 0.1) is 5.41 Å². The molecule has 0 spiro atoms. The molecule has 0 saturated heterocycles. The molecule has 1 unspecified atom stereocenters. The summed E-state index contributed by atoms with van der Waals surface area (Å²) in [5.74, 6) is 0.879. The van der Waals surface area contributed by atoms with Gasteiger partial charge in [0.15, 0.2) is 0 Å². The van der Waals surface area contributed by atoms with Crippen LogP contribution in [0.3, 0.4) is 0 Å². The molecule has 19 heavy (non-hydrogen) atoms. The van der Waals surface area contributed by atoms with E-state index in [-0.39, 0.29) is 5.88 Å². The zero-order valence-electron chi connectivity index (χ0n) is 12.2. The van der Waals surface area contributed by atoms with Crippen molar-refractivity contribution < 1.29 is 4.79 Å². The van der Waals surface area contributed by atoms with Gasteiger partial charge in [-0.25, -0.2) is 0 Å². The molecular formula is C15H24ClNOS. The van der Waals surface area contributed by atoms with Gasteiger partial charge >= 0.3 is 0 Å². The first-order chi connectivity index (χ1) is 9.05. The molecule has 0 radical (unpaired) electrons. The number of benzene rings is 1. The molecule has 1 aliphatic carbocycles. The molecule has 0 aromatic heterocycles. The summed E-state index contributed by atoms with van der Waals surface area (Å²) in [6, 6.07) is 8.62. The first-order valence-corrected chi connectivity index (χ1v) is 7.93. The highest BCUT2D eigenvalue weighted by molar-refractivity contribution is 7.97. The van der Waals surface area contributed by atoms with Crippen molar-refractivity contribution in [1.29, 1.82) is 0 Å². The average Bonchev–Trinajstić information content (AvgIpc) is 3.10. The van der Waals surface area contributed by atoms with E-state index >= 15 is 0 Å². The Morgan fingerprint density at radius 1 is 1.37 bits per heavy atom. The van der Waals surface area contributed by atoms with Crippen molar-refractivity contribution >= 4 is 29.8 Å². The highest BCUT2D eigenvalue weighted by Crippen LogP contribution is 2.58. The quantitative estimate of drug-likeness (QED) is 0.503. The predicted molar refractivity (Wildman–Crippen MR) is 85.8 cm³/mol. The van der Waals surface area contributed by atoms with Crippen LogP contribution in [0.15, 0.2) is 29.2 Å². The summed E-state index contributed by atoms with van der Waals surface area (Å²) in [6.07, 6.45) is 1.96. The molecule has 1 atom stereocenters. The maximum atomic E-state index is 9.04. The Morgan fingerprint density at radius 3 is 2.05 bits per heavy atom. The van der Waals surface area contributed by atoms with Crippen LogP contribution < -0.4 is 5.14 Å². The third-order valence-electron chi connectivity index (χ3n) is 2.99. The molecule has 108 valence electrons. The fourth-order valence-electron chi connectivity index (χ4n) is 1.81. The molecule has 1 aromatic carbocycles. The SMILES string of the molecule is CC.CC1(C)CC1c1ccc(SN)cc1.O=CCCl. The smallest absolute Gasteiger partial charge is 0.134 e. The molecule has 1 aliphatic rings. The van der Waals surface area contributed by atoms with Crippen molar-refractivity contribution in [1.82, 2.24) is 0 Å². The van der Waals surface area contributed by atoms with Gasteiger partial charge in [-0.15, -0.1) is 11.6 Å². The van der Waals surface area contributed by atoms with Crippen LogP contribution in [0.1, 0.15) is 45.6 Å². The summed E-state index contributed by atoms with van der Waals surface area (Å²) in [6.45, 7) is 8.65. The number of carbonyl (C=O) groups excluding carboxylic acids is 1. The molecule has 1 aromatic rings. The standard InChI is InChI=1S/C11H15NS.C2H3ClO.C2H6/c1-11(2)7-10(11)8-3-5-9(13-12)6-4-8;3-1-2-4;1-2/h3-6,10H,7,12H2,1-2H3;2H,1H2;1-2H3. The Kier molecular flexibility index (Phi) is 9.15. The van der Waals surface area contributed by atoms with Crippen molar-refractivity contribution in [3.8, 4) is 0 Å². The molecule has 0 bridgehead atoms. The number of nitrogens with two attached hydrogens (primary N) is 1. The van der Waals surface area contributed by atoms with E-state index in [1.807, 2.05) is 13.8 Å². The van der Waals surface area contributed by atoms with E-state index < -0.39 is 0 Å². The van der Waals surface area contributed by atoms with Crippen molar-refractivity contribution in [2.24, 2.45) is 10.6 Å². The van der Waals surface area contributed by atoms with Crippen LogP contribution >= 0.6 is 23.5 Å². The van der Waals surface area contributed by atoms with Gasteiger partial charge in [0.1, 0.15) is 6.29 Å². The molecule has 1 fully saturated rings. The number of rotatable bonds is 3.